The minimum absolute atomic E-state index is 0.0375. The van der Waals surface area contributed by atoms with Crippen molar-refractivity contribution in [1.29, 1.82) is 0 Å². The second kappa shape index (κ2) is 7.43. The van der Waals surface area contributed by atoms with Crippen molar-refractivity contribution in [2.24, 2.45) is 0 Å². The number of nitrogens with zero attached hydrogens (tertiary/aromatic N) is 1. The number of ketones is 1. The van der Waals surface area contributed by atoms with E-state index in [4.69, 9.17) is 0 Å². The van der Waals surface area contributed by atoms with Gasteiger partial charge < -0.3 is 0 Å². The van der Waals surface area contributed by atoms with Crippen LogP contribution in [0.4, 0.5) is 5.69 Å². The van der Waals surface area contributed by atoms with Gasteiger partial charge in [-0.3, -0.25) is 14.4 Å². The lowest BCUT2D eigenvalue weighted by molar-refractivity contribution is 0.0892. The zero-order valence-electron chi connectivity index (χ0n) is 22.3. The van der Waals surface area contributed by atoms with Crippen molar-refractivity contribution in [3.8, 4) is 11.1 Å². The van der Waals surface area contributed by atoms with E-state index >= 15 is 0 Å². The molecule has 0 atom stereocenters. The molecule has 0 bridgehead atoms. The molecule has 41 heavy (non-hydrogen) atoms. The standard InChI is InChI=1S/C37H21NO3/c1-18-15-19(2)17-20(16-18)38-36(40)29-13-10-25-23-8-7-22-21-5-3-4-6-27(21)35(39)28-12-9-24(31(23)33(22)28)26-11-14-30(37(38)41)34(29)32(25)26/h3-17H,1-2H3. The van der Waals surface area contributed by atoms with Gasteiger partial charge in [-0.2, -0.15) is 0 Å². The van der Waals surface area contributed by atoms with E-state index in [1.807, 2.05) is 92.7 Å². The largest absolute Gasteiger partial charge is 0.289 e. The van der Waals surface area contributed by atoms with Crippen LogP contribution in [-0.4, -0.2) is 17.6 Å². The smallest absolute Gasteiger partial charge is 0.265 e. The van der Waals surface area contributed by atoms with Crippen LogP contribution in [0.1, 0.15) is 47.8 Å². The lowest BCUT2D eigenvalue weighted by atomic mass is 9.78. The summed E-state index contributed by atoms with van der Waals surface area (Å²) >= 11 is 0. The molecular formula is C37H21NO3. The first kappa shape index (κ1) is 22.5. The molecule has 0 fully saturated rings. The Hall–Kier alpha value is -5.35. The molecule has 1 heterocycles. The highest BCUT2D eigenvalue weighted by molar-refractivity contribution is 6.43. The lowest BCUT2D eigenvalue weighted by Gasteiger charge is -2.29. The number of aryl methyl sites for hydroxylation is 2. The number of amides is 2. The molecule has 4 nitrogen and oxygen atoms in total. The summed E-state index contributed by atoms with van der Waals surface area (Å²) in [6.45, 7) is 3.93. The Kier molecular flexibility index (Phi) is 4.07. The first-order valence-electron chi connectivity index (χ1n) is 13.7. The maximum absolute atomic E-state index is 14.0. The van der Waals surface area contributed by atoms with Crippen LogP contribution < -0.4 is 4.90 Å². The van der Waals surface area contributed by atoms with Crippen LogP contribution in [0.15, 0.2) is 91.0 Å². The van der Waals surface area contributed by atoms with E-state index in [0.29, 0.717) is 27.8 Å². The fourth-order valence-electron chi connectivity index (χ4n) is 7.37. The highest BCUT2D eigenvalue weighted by Gasteiger charge is 2.36. The predicted octanol–water partition coefficient (Wildman–Crippen LogP) is 8.37. The number of hydrogen-bond acceptors (Lipinski definition) is 3. The molecule has 0 N–H and O–H groups in total. The minimum atomic E-state index is -0.311. The van der Waals surface area contributed by atoms with Crippen LogP contribution in [0.5, 0.6) is 0 Å². The van der Waals surface area contributed by atoms with Gasteiger partial charge in [-0.15, -0.1) is 0 Å². The summed E-state index contributed by atoms with van der Waals surface area (Å²) in [6, 6.07) is 29.5. The van der Waals surface area contributed by atoms with Gasteiger partial charge in [0, 0.05) is 33.0 Å². The first-order valence-corrected chi connectivity index (χ1v) is 13.7. The Bertz CT molecular complexity index is 2310. The normalized spacial score (nSPS) is 14.2. The van der Waals surface area contributed by atoms with E-state index < -0.39 is 0 Å². The Morgan fingerprint density at radius 3 is 1.46 bits per heavy atom. The molecule has 4 heteroatoms. The van der Waals surface area contributed by atoms with Crippen molar-refractivity contribution in [2.75, 3.05) is 4.90 Å². The zero-order chi connectivity index (χ0) is 27.7. The molecule has 0 radical (unpaired) electrons. The number of fused-ring (bicyclic) bond motifs is 4. The number of imide groups is 1. The maximum Gasteiger partial charge on any atom is 0.265 e. The number of carbonyl (C=O) groups excluding carboxylic acids is 3. The topological polar surface area (TPSA) is 54.5 Å². The number of rotatable bonds is 1. The van der Waals surface area contributed by atoms with E-state index in [1.165, 1.54) is 4.90 Å². The molecule has 7 aromatic rings. The van der Waals surface area contributed by atoms with Crippen LogP contribution in [0.2, 0.25) is 0 Å². The molecule has 9 rings (SSSR count). The monoisotopic (exact) mass is 527 g/mol. The number of anilines is 1. The number of carbonyl (C=O) groups is 3. The van der Waals surface area contributed by atoms with Crippen LogP contribution >= 0.6 is 0 Å². The Labute approximate surface area is 234 Å². The molecular weight excluding hydrogens is 506 g/mol. The second-order valence-corrected chi connectivity index (χ2v) is 11.3. The van der Waals surface area contributed by atoms with Crippen molar-refractivity contribution >= 4 is 66.4 Å². The van der Waals surface area contributed by atoms with Gasteiger partial charge in [-0.25, -0.2) is 4.90 Å². The minimum Gasteiger partial charge on any atom is -0.289 e. The molecule has 2 amide bonds. The SMILES string of the molecule is Cc1cc(C)cc(N2C(=O)c3ccc4c5ccc6c7c(ccc(c8ccc(c3c48)C2=O)c75)-c2ccccc2C6=O)c1. The first-order chi connectivity index (χ1) is 19.9. The van der Waals surface area contributed by atoms with Crippen LogP contribution in [0, 0.1) is 13.8 Å². The average Bonchev–Trinajstić information content (AvgIpc) is 2.97. The van der Waals surface area contributed by atoms with Gasteiger partial charge in [0.25, 0.3) is 11.8 Å². The van der Waals surface area contributed by atoms with Crippen LogP contribution in [0.25, 0.3) is 54.2 Å². The third-order valence-corrected chi connectivity index (χ3v) is 8.94. The van der Waals surface area contributed by atoms with Crippen molar-refractivity contribution < 1.29 is 14.4 Å². The summed E-state index contributed by atoms with van der Waals surface area (Å²) in [4.78, 5) is 42.8. The number of hydrogen-bond donors (Lipinski definition) is 0. The van der Waals surface area contributed by atoms with Crippen LogP contribution in [0.3, 0.4) is 0 Å². The summed E-state index contributed by atoms with van der Waals surface area (Å²) < 4.78 is 0. The molecule has 2 aliphatic rings. The molecule has 0 aromatic heterocycles. The molecule has 7 aromatic carbocycles. The predicted molar refractivity (Wildman–Crippen MR) is 164 cm³/mol. The van der Waals surface area contributed by atoms with E-state index in [1.54, 1.807) is 0 Å². The van der Waals surface area contributed by atoms with E-state index in [-0.39, 0.29) is 17.6 Å². The Balaban J connectivity index is 1.39. The maximum atomic E-state index is 14.0. The van der Waals surface area contributed by atoms with E-state index in [0.717, 1.165) is 65.5 Å². The van der Waals surface area contributed by atoms with Gasteiger partial charge in [0.05, 0.1) is 5.69 Å². The summed E-state index contributed by atoms with van der Waals surface area (Å²) in [7, 11) is 0. The van der Waals surface area contributed by atoms with E-state index in [9.17, 15) is 14.4 Å². The summed E-state index contributed by atoms with van der Waals surface area (Å²) in [5, 5.41) is 7.61. The van der Waals surface area contributed by atoms with Gasteiger partial charge in [-0.1, -0.05) is 60.7 Å². The molecule has 0 unspecified atom stereocenters. The molecule has 0 spiro atoms. The fourth-order valence-corrected chi connectivity index (χ4v) is 7.37. The molecule has 192 valence electrons. The Morgan fingerprint density at radius 2 is 0.902 bits per heavy atom. The zero-order valence-corrected chi connectivity index (χ0v) is 22.3. The summed E-state index contributed by atoms with van der Waals surface area (Å²) in [5.74, 6) is -0.584. The van der Waals surface area contributed by atoms with Gasteiger partial charge in [0.2, 0.25) is 0 Å². The third kappa shape index (κ3) is 2.67. The van der Waals surface area contributed by atoms with Crippen molar-refractivity contribution in [3.63, 3.8) is 0 Å². The number of benzene rings is 7. The van der Waals surface area contributed by atoms with E-state index in [2.05, 4.69) is 12.1 Å². The third-order valence-electron chi connectivity index (χ3n) is 8.94. The highest BCUT2D eigenvalue weighted by atomic mass is 16.2. The second-order valence-electron chi connectivity index (χ2n) is 11.3. The van der Waals surface area contributed by atoms with Gasteiger partial charge >= 0.3 is 0 Å². The summed E-state index contributed by atoms with van der Waals surface area (Å²) in [5.41, 5.74) is 7.07. The average molecular weight is 528 g/mol. The van der Waals surface area contributed by atoms with Gasteiger partial charge in [-0.05, 0) is 98.8 Å². The Morgan fingerprint density at radius 1 is 0.439 bits per heavy atom. The fraction of sp³-hybridized carbons (Fsp3) is 0.0541. The van der Waals surface area contributed by atoms with Gasteiger partial charge in [0.15, 0.2) is 5.78 Å². The molecule has 0 saturated heterocycles. The van der Waals surface area contributed by atoms with Crippen molar-refractivity contribution in [2.45, 2.75) is 13.8 Å². The molecule has 1 aliphatic carbocycles. The quantitative estimate of drug-likeness (QED) is 0.122. The molecule has 0 saturated carbocycles. The van der Waals surface area contributed by atoms with Gasteiger partial charge in [0.1, 0.15) is 0 Å². The highest BCUT2D eigenvalue weighted by Crippen LogP contribution is 2.48. The summed E-state index contributed by atoms with van der Waals surface area (Å²) in [6.07, 6.45) is 0. The van der Waals surface area contributed by atoms with Crippen LogP contribution in [-0.2, 0) is 0 Å². The lowest BCUT2D eigenvalue weighted by Crippen LogP contribution is -2.40. The van der Waals surface area contributed by atoms with Crippen molar-refractivity contribution in [1.82, 2.24) is 0 Å². The molecule has 1 aliphatic heterocycles. The van der Waals surface area contributed by atoms with Crippen molar-refractivity contribution in [3.05, 3.63) is 124 Å².